The molecule has 0 aliphatic carbocycles. The molecule has 0 aliphatic heterocycles. The summed E-state index contributed by atoms with van der Waals surface area (Å²) in [5, 5.41) is 2.80. The molecule has 3 aromatic heterocycles. The average molecular weight is 450 g/mol. The third kappa shape index (κ3) is 3.68. The summed E-state index contributed by atoms with van der Waals surface area (Å²) in [6, 6.07) is 17.2. The molecule has 8 heteroatoms. The van der Waals surface area contributed by atoms with Gasteiger partial charge in [0.1, 0.15) is 11.6 Å². The predicted octanol–water partition coefficient (Wildman–Crippen LogP) is 5.84. The molecule has 0 N–H and O–H groups in total. The van der Waals surface area contributed by atoms with Crippen molar-refractivity contribution in [3.63, 3.8) is 0 Å². The highest BCUT2D eigenvalue weighted by molar-refractivity contribution is 7.98. The van der Waals surface area contributed by atoms with E-state index in [1.807, 2.05) is 30.5 Å². The fraction of sp³-hybridized carbons (Fsp3) is 0.0870. The maximum absolute atomic E-state index is 14.6. The van der Waals surface area contributed by atoms with Crippen molar-refractivity contribution in [1.82, 2.24) is 14.5 Å². The molecule has 0 bridgehead atoms. The van der Waals surface area contributed by atoms with Crippen molar-refractivity contribution < 1.29 is 8.81 Å². The first-order valence-electron chi connectivity index (χ1n) is 9.51. The lowest BCUT2D eigenvalue weighted by molar-refractivity contribution is 0.542. The first-order valence-corrected chi connectivity index (χ1v) is 11.4. The number of para-hydroxylation sites is 2. The number of halogens is 1. The number of fused-ring (bicyclic) bond motifs is 1. The molecule has 0 unspecified atom stereocenters. The van der Waals surface area contributed by atoms with Crippen LogP contribution in [0.15, 0.2) is 80.4 Å². The van der Waals surface area contributed by atoms with Crippen molar-refractivity contribution in [3.8, 4) is 16.5 Å². The summed E-state index contributed by atoms with van der Waals surface area (Å²) in [5.41, 5.74) is 1.19. The van der Waals surface area contributed by atoms with E-state index in [2.05, 4.69) is 9.97 Å². The van der Waals surface area contributed by atoms with Gasteiger partial charge >= 0.3 is 0 Å². The third-order valence-electron chi connectivity index (χ3n) is 4.80. The second-order valence-corrected chi connectivity index (χ2v) is 8.68. The van der Waals surface area contributed by atoms with Gasteiger partial charge in [-0.2, -0.15) is 0 Å². The topological polar surface area (TPSA) is 60.9 Å². The van der Waals surface area contributed by atoms with E-state index in [0.29, 0.717) is 33.5 Å². The molecule has 5 nitrogen and oxygen atoms in total. The Kier molecular flexibility index (Phi) is 5.17. The van der Waals surface area contributed by atoms with Gasteiger partial charge in [0, 0.05) is 5.75 Å². The lowest BCUT2D eigenvalue weighted by Crippen LogP contribution is -2.22. The molecule has 0 amide bonds. The molecule has 0 saturated carbocycles. The summed E-state index contributed by atoms with van der Waals surface area (Å²) in [4.78, 5) is 23.5. The monoisotopic (exact) mass is 449 g/mol. The first-order chi connectivity index (χ1) is 15.1. The van der Waals surface area contributed by atoms with Crippen LogP contribution >= 0.6 is 23.1 Å². The van der Waals surface area contributed by atoms with Gasteiger partial charge in [-0.3, -0.25) is 9.36 Å². The van der Waals surface area contributed by atoms with Gasteiger partial charge in [0.15, 0.2) is 5.16 Å². The van der Waals surface area contributed by atoms with Crippen molar-refractivity contribution in [2.75, 3.05) is 0 Å². The van der Waals surface area contributed by atoms with Gasteiger partial charge in [-0.05, 0) is 42.6 Å². The number of nitrogens with zero attached hydrogens (tertiary/aromatic N) is 3. The van der Waals surface area contributed by atoms with E-state index in [-0.39, 0.29) is 11.2 Å². The molecular weight excluding hydrogens is 433 g/mol. The molecule has 154 valence electrons. The maximum Gasteiger partial charge on any atom is 0.266 e. The van der Waals surface area contributed by atoms with Crippen LogP contribution in [0.5, 0.6) is 0 Å². The first kappa shape index (κ1) is 19.7. The molecule has 0 spiro atoms. The zero-order chi connectivity index (χ0) is 21.4. The number of hydrogen-bond donors (Lipinski definition) is 0. The van der Waals surface area contributed by atoms with E-state index in [4.69, 9.17) is 4.42 Å². The van der Waals surface area contributed by atoms with Gasteiger partial charge in [-0.15, -0.1) is 11.3 Å². The number of thiophene rings is 1. The van der Waals surface area contributed by atoms with Crippen molar-refractivity contribution in [1.29, 1.82) is 0 Å². The van der Waals surface area contributed by atoms with E-state index in [1.54, 1.807) is 47.7 Å². The van der Waals surface area contributed by atoms with Crippen LogP contribution in [-0.4, -0.2) is 14.5 Å². The quantitative estimate of drug-likeness (QED) is 0.249. The second kappa shape index (κ2) is 8.13. The normalized spacial score (nSPS) is 11.3. The Hall–Kier alpha value is -3.23. The third-order valence-corrected chi connectivity index (χ3v) is 6.61. The number of aryl methyl sites for hydroxylation is 1. The summed E-state index contributed by atoms with van der Waals surface area (Å²) < 4.78 is 21.7. The van der Waals surface area contributed by atoms with Crippen LogP contribution in [0, 0.1) is 12.7 Å². The van der Waals surface area contributed by atoms with Crippen LogP contribution < -0.4 is 5.56 Å². The number of hydrogen-bond acceptors (Lipinski definition) is 6. The van der Waals surface area contributed by atoms with Gasteiger partial charge in [0.2, 0.25) is 5.89 Å². The van der Waals surface area contributed by atoms with E-state index in [9.17, 15) is 9.18 Å². The minimum Gasteiger partial charge on any atom is -0.440 e. The number of oxazole rings is 1. The Morgan fingerprint density at radius 3 is 2.68 bits per heavy atom. The summed E-state index contributed by atoms with van der Waals surface area (Å²) >= 11 is 2.88. The molecule has 0 aliphatic rings. The van der Waals surface area contributed by atoms with Crippen LogP contribution in [0.4, 0.5) is 4.39 Å². The van der Waals surface area contributed by atoms with Crippen LogP contribution in [0.3, 0.4) is 0 Å². The molecule has 0 fully saturated rings. The Morgan fingerprint density at radius 1 is 1.06 bits per heavy atom. The Balaban J connectivity index is 1.58. The number of thioether (sulfide) groups is 1. The molecule has 0 radical (unpaired) electrons. The number of rotatable bonds is 5. The van der Waals surface area contributed by atoms with Gasteiger partial charge in [-0.1, -0.05) is 42.1 Å². The standard InChI is InChI=1S/C23H16FN3O2S2/c1-14-18(25-21(29-14)20-11-6-12-30-20)13-31-23-26-17-9-4-2-7-15(17)22(28)27(23)19-10-5-3-8-16(19)24/h2-12H,13H2,1H3. The van der Waals surface area contributed by atoms with Gasteiger partial charge in [-0.25, -0.2) is 14.4 Å². The van der Waals surface area contributed by atoms with Crippen molar-refractivity contribution >= 4 is 34.0 Å². The minimum atomic E-state index is -0.485. The van der Waals surface area contributed by atoms with E-state index in [0.717, 1.165) is 10.6 Å². The van der Waals surface area contributed by atoms with Crippen molar-refractivity contribution in [3.05, 3.63) is 93.7 Å². The Bertz CT molecular complexity index is 1440. The molecule has 31 heavy (non-hydrogen) atoms. The van der Waals surface area contributed by atoms with Crippen molar-refractivity contribution in [2.24, 2.45) is 0 Å². The predicted molar refractivity (Wildman–Crippen MR) is 121 cm³/mol. The number of benzene rings is 2. The Morgan fingerprint density at radius 2 is 1.87 bits per heavy atom. The maximum atomic E-state index is 14.6. The van der Waals surface area contributed by atoms with E-state index in [1.165, 1.54) is 22.4 Å². The average Bonchev–Trinajstić information content (AvgIpc) is 3.43. The highest BCUT2D eigenvalue weighted by atomic mass is 32.2. The highest BCUT2D eigenvalue weighted by Gasteiger charge is 2.18. The fourth-order valence-electron chi connectivity index (χ4n) is 3.26. The summed E-state index contributed by atoms with van der Waals surface area (Å²) in [6.07, 6.45) is 0. The lowest BCUT2D eigenvalue weighted by Gasteiger charge is -2.13. The second-order valence-electron chi connectivity index (χ2n) is 6.79. The molecular formula is C23H16FN3O2S2. The fourth-order valence-corrected chi connectivity index (χ4v) is 4.91. The highest BCUT2D eigenvalue weighted by Crippen LogP contribution is 2.30. The van der Waals surface area contributed by atoms with Crippen molar-refractivity contribution in [2.45, 2.75) is 17.8 Å². The lowest BCUT2D eigenvalue weighted by atomic mass is 10.2. The summed E-state index contributed by atoms with van der Waals surface area (Å²) in [7, 11) is 0. The van der Waals surface area contributed by atoms with E-state index >= 15 is 0 Å². The zero-order valence-electron chi connectivity index (χ0n) is 16.4. The van der Waals surface area contributed by atoms with Gasteiger partial charge in [0.05, 0.1) is 27.2 Å². The van der Waals surface area contributed by atoms with Gasteiger partial charge in [0.25, 0.3) is 5.56 Å². The summed E-state index contributed by atoms with van der Waals surface area (Å²) in [6.45, 7) is 1.86. The molecule has 5 rings (SSSR count). The molecule has 2 aromatic carbocycles. The summed E-state index contributed by atoms with van der Waals surface area (Å²) in [5.74, 6) is 1.22. The number of aromatic nitrogens is 3. The van der Waals surface area contributed by atoms with Crippen LogP contribution in [0.1, 0.15) is 11.5 Å². The molecule has 0 saturated heterocycles. The van der Waals surface area contributed by atoms with E-state index < -0.39 is 5.82 Å². The van der Waals surface area contributed by atoms with Crippen LogP contribution in [0.25, 0.3) is 27.4 Å². The SMILES string of the molecule is Cc1oc(-c2cccs2)nc1CSc1nc2ccccc2c(=O)n1-c1ccccc1F. The smallest absolute Gasteiger partial charge is 0.266 e. The largest absolute Gasteiger partial charge is 0.440 e. The minimum absolute atomic E-state index is 0.171. The van der Waals surface area contributed by atoms with Crippen LogP contribution in [-0.2, 0) is 5.75 Å². The van der Waals surface area contributed by atoms with Gasteiger partial charge < -0.3 is 4.42 Å². The molecule has 5 aromatic rings. The molecule has 0 atom stereocenters. The van der Waals surface area contributed by atoms with Crippen LogP contribution in [0.2, 0.25) is 0 Å². The zero-order valence-corrected chi connectivity index (χ0v) is 18.0. The Labute approximate surface area is 185 Å². The molecule has 3 heterocycles.